The van der Waals surface area contributed by atoms with Crippen molar-refractivity contribution in [3.05, 3.63) is 12.7 Å². The Balaban J connectivity index is 1.62. The van der Waals surface area contributed by atoms with E-state index in [0.717, 1.165) is 0 Å². The van der Waals surface area contributed by atoms with Crippen LogP contribution in [0, 0.1) is 0 Å². The third-order valence-corrected chi connectivity index (χ3v) is 5.91. The van der Waals surface area contributed by atoms with Crippen LogP contribution in [0.15, 0.2) is 12.7 Å². The molecule has 0 radical (unpaired) electrons. The lowest BCUT2D eigenvalue weighted by Crippen LogP contribution is -2.50. The topological polar surface area (TPSA) is 90.9 Å². The molecule has 3 aliphatic heterocycles. The second-order valence-electron chi connectivity index (χ2n) is 5.42. The molecule has 1 amide bonds. The van der Waals surface area contributed by atoms with Gasteiger partial charge in [0.05, 0.1) is 12.7 Å². The van der Waals surface area contributed by atoms with Gasteiger partial charge in [0.1, 0.15) is 23.1 Å². The van der Waals surface area contributed by atoms with Gasteiger partial charge in [0.2, 0.25) is 5.91 Å². The zero-order valence-corrected chi connectivity index (χ0v) is 11.9. The van der Waals surface area contributed by atoms with Gasteiger partial charge >= 0.3 is 0 Å². The third-order valence-electron chi connectivity index (χ3n) is 4.14. The van der Waals surface area contributed by atoms with Gasteiger partial charge in [-0.15, -0.1) is 0 Å². The molecular formula is C12H17NO6S. The maximum absolute atomic E-state index is 11.9. The molecule has 3 rings (SSSR count). The molecule has 3 aliphatic rings. The summed E-state index contributed by atoms with van der Waals surface area (Å²) in [5.41, 5.74) is -0.950. The quantitative estimate of drug-likeness (QED) is 0.411. The van der Waals surface area contributed by atoms with Crippen LogP contribution in [0.5, 0.6) is 0 Å². The fourth-order valence-corrected chi connectivity index (χ4v) is 5.17. The number of hydrogen-bond acceptors (Lipinski definition) is 6. The maximum Gasteiger partial charge on any atom is 0.273 e. The molecule has 8 heteroatoms. The van der Waals surface area contributed by atoms with Crippen molar-refractivity contribution in [3.63, 3.8) is 0 Å². The summed E-state index contributed by atoms with van der Waals surface area (Å²) in [5.74, 6) is -0.274. The normalized spacial score (nSPS) is 43.6. The second kappa shape index (κ2) is 4.52. The Bertz CT molecular complexity index is 546. The first-order valence-electron chi connectivity index (χ1n) is 6.50. The van der Waals surface area contributed by atoms with Crippen molar-refractivity contribution >= 4 is 16.0 Å². The van der Waals surface area contributed by atoms with E-state index in [-0.39, 0.29) is 18.6 Å². The molecule has 1 N–H and O–H groups in total. The molecule has 0 aromatic rings. The van der Waals surface area contributed by atoms with Crippen molar-refractivity contribution in [3.8, 4) is 0 Å². The molecule has 5 unspecified atom stereocenters. The highest BCUT2D eigenvalue weighted by molar-refractivity contribution is 7.87. The molecule has 0 spiro atoms. The Labute approximate surface area is 117 Å². The van der Waals surface area contributed by atoms with E-state index in [2.05, 4.69) is 11.9 Å². The SMILES string of the molecule is C=CC(=O)NCCOC1C2CC3C(O2)C1(C)OS3(=O)=O. The second-order valence-corrected chi connectivity index (χ2v) is 7.17. The lowest BCUT2D eigenvalue weighted by Gasteiger charge is -2.30. The Kier molecular flexibility index (Phi) is 3.16. The number of ether oxygens (including phenoxy) is 2. The monoisotopic (exact) mass is 303 g/mol. The standard InChI is InChI=1S/C12H17NO6S/c1-3-9(14)13-4-5-17-10-7-6-8-11(18-7)12(10,2)19-20(8,15)16/h3,7-8,10-11H,1,4-6H2,2H3,(H,13,14). The molecule has 3 fully saturated rings. The molecule has 0 aromatic heterocycles. The predicted octanol–water partition coefficient (Wildman–Crippen LogP) is -0.668. The Morgan fingerprint density at radius 2 is 2.35 bits per heavy atom. The smallest absolute Gasteiger partial charge is 0.273 e. The van der Waals surface area contributed by atoms with Gasteiger partial charge < -0.3 is 14.8 Å². The third kappa shape index (κ3) is 1.90. The molecular weight excluding hydrogens is 286 g/mol. The number of rotatable bonds is 5. The van der Waals surface area contributed by atoms with E-state index < -0.39 is 33.2 Å². The number of carbonyl (C=O) groups excluding carboxylic acids is 1. The first-order valence-corrected chi connectivity index (χ1v) is 7.97. The Morgan fingerprint density at radius 1 is 1.60 bits per heavy atom. The van der Waals surface area contributed by atoms with Crippen LogP contribution in [0.2, 0.25) is 0 Å². The minimum absolute atomic E-state index is 0.262. The average Bonchev–Trinajstić information content (AvgIpc) is 2.95. The predicted molar refractivity (Wildman–Crippen MR) is 68.4 cm³/mol. The molecule has 112 valence electrons. The highest BCUT2D eigenvalue weighted by Gasteiger charge is 2.72. The summed E-state index contributed by atoms with van der Waals surface area (Å²) in [6.07, 6.45) is 0.445. The number of amides is 1. The summed E-state index contributed by atoms with van der Waals surface area (Å²) in [6, 6.07) is 0. The lowest BCUT2D eigenvalue weighted by molar-refractivity contribution is -0.117. The summed E-state index contributed by atoms with van der Waals surface area (Å²) in [7, 11) is -3.56. The van der Waals surface area contributed by atoms with Crippen LogP contribution in [-0.2, 0) is 28.6 Å². The molecule has 7 nitrogen and oxygen atoms in total. The van der Waals surface area contributed by atoms with E-state index in [9.17, 15) is 13.2 Å². The number of carbonyl (C=O) groups is 1. The largest absolute Gasteiger partial charge is 0.371 e. The van der Waals surface area contributed by atoms with E-state index in [0.29, 0.717) is 13.0 Å². The summed E-state index contributed by atoms with van der Waals surface area (Å²) in [5, 5.41) is 2.02. The molecule has 2 bridgehead atoms. The van der Waals surface area contributed by atoms with Crippen molar-refractivity contribution < 1.29 is 26.9 Å². The van der Waals surface area contributed by atoms with E-state index in [1.54, 1.807) is 6.92 Å². The molecule has 0 aliphatic carbocycles. The first-order chi connectivity index (χ1) is 9.38. The Hall–Kier alpha value is -0.960. The van der Waals surface area contributed by atoms with E-state index in [1.807, 2.05) is 0 Å². The molecule has 20 heavy (non-hydrogen) atoms. The zero-order valence-electron chi connectivity index (χ0n) is 11.1. The van der Waals surface area contributed by atoms with E-state index in [1.165, 1.54) is 6.08 Å². The number of hydrogen-bond donors (Lipinski definition) is 1. The fraction of sp³-hybridized carbons (Fsp3) is 0.750. The molecule has 3 saturated heterocycles. The summed E-state index contributed by atoms with van der Waals surface area (Å²) < 4.78 is 40.3. The van der Waals surface area contributed by atoms with Crippen LogP contribution in [0.1, 0.15) is 13.3 Å². The summed E-state index contributed by atoms with van der Waals surface area (Å²) in [6.45, 7) is 5.64. The van der Waals surface area contributed by atoms with Gasteiger partial charge in [0.15, 0.2) is 0 Å². The molecule has 0 aromatic carbocycles. The number of fused-ring (bicyclic) bond motifs is 1. The minimum atomic E-state index is -3.56. The van der Waals surface area contributed by atoms with Crippen molar-refractivity contribution in [1.82, 2.24) is 5.32 Å². The van der Waals surface area contributed by atoms with Gasteiger partial charge in [0, 0.05) is 6.54 Å². The van der Waals surface area contributed by atoms with Crippen LogP contribution in [-0.4, -0.2) is 56.6 Å². The minimum Gasteiger partial charge on any atom is -0.371 e. The van der Waals surface area contributed by atoms with Crippen LogP contribution >= 0.6 is 0 Å². The Morgan fingerprint density at radius 3 is 3.05 bits per heavy atom. The van der Waals surface area contributed by atoms with Gasteiger partial charge in [-0.05, 0) is 19.4 Å². The van der Waals surface area contributed by atoms with Crippen molar-refractivity contribution in [2.24, 2.45) is 0 Å². The summed E-state index contributed by atoms with van der Waals surface area (Å²) >= 11 is 0. The van der Waals surface area contributed by atoms with Gasteiger partial charge in [-0.1, -0.05) is 6.58 Å². The van der Waals surface area contributed by atoms with Gasteiger partial charge in [0.25, 0.3) is 10.1 Å². The first kappa shape index (κ1) is 14.0. The van der Waals surface area contributed by atoms with Crippen molar-refractivity contribution in [1.29, 1.82) is 0 Å². The molecule has 3 heterocycles. The maximum atomic E-state index is 11.9. The summed E-state index contributed by atoms with van der Waals surface area (Å²) in [4.78, 5) is 11.0. The van der Waals surface area contributed by atoms with Crippen molar-refractivity contribution in [2.75, 3.05) is 13.2 Å². The average molecular weight is 303 g/mol. The molecule has 5 atom stereocenters. The number of nitrogens with one attached hydrogen (secondary N) is 1. The zero-order chi connectivity index (χ0) is 14.5. The van der Waals surface area contributed by atoms with Gasteiger partial charge in [-0.2, -0.15) is 8.42 Å². The van der Waals surface area contributed by atoms with Crippen LogP contribution in [0.4, 0.5) is 0 Å². The van der Waals surface area contributed by atoms with Crippen molar-refractivity contribution in [2.45, 2.75) is 42.5 Å². The van der Waals surface area contributed by atoms with Crippen LogP contribution in [0.25, 0.3) is 0 Å². The highest BCUT2D eigenvalue weighted by Crippen LogP contribution is 2.54. The van der Waals surface area contributed by atoms with Gasteiger partial charge in [-0.25, -0.2) is 0 Å². The lowest BCUT2D eigenvalue weighted by atomic mass is 9.83. The fourth-order valence-electron chi connectivity index (χ4n) is 3.30. The van der Waals surface area contributed by atoms with E-state index >= 15 is 0 Å². The van der Waals surface area contributed by atoms with Gasteiger partial charge in [-0.3, -0.25) is 8.98 Å². The van der Waals surface area contributed by atoms with Crippen LogP contribution < -0.4 is 5.32 Å². The van der Waals surface area contributed by atoms with E-state index in [4.69, 9.17) is 13.7 Å². The highest BCUT2D eigenvalue weighted by atomic mass is 32.2. The van der Waals surface area contributed by atoms with Crippen LogP contribution in [0.3, 0.4) is 0 Å². The molecule has 0 saturated carbocycles.